The SMILES string of the molecule is CC(NS(=O)(=O)c1ccc(Cl)cc1)C(=O)N(CCC(=O)O)C(C)C. The van der Waals surface area contributed by atoms with E-state index in [2.05, 4.69) is 4.72 Å². The van der Waals surface area contributed by atoms with E-state index in [4.69, 9.17) is 16.7 Å². The van der Waals surface area contributed by atoms with Gasteiger partial charge in [-0.25, -0.2) is 8.42 Å². The molecule has 1 aromatic carbocycles. The molecule has 0 fully saturated rings. The molecule has 1 rings (SSSR count). The van der Waals surface area contributed by atoms with Gasteiger partial charge in [0.15, 0.2) is 0 Å². The smallest absolute Gasteiger partial charge is 0.305 e. The number of hydrogen-bond acceptors (Lipinski definition) is 4. The van der Waals surface area contributed by atoms with E-state index in [0.717, 1.165) is 0 Å². The standard InChI is InChI=1S/C15H21ClN2O5S/c1-10(2)18(9-8-14(19)20)15(21)11(3)17-24(22,23)13-6-4-12(16)5-7-13/h4-7,10-11,17H,8-9H2,1-3H3,(H,19,20). The van der Waals surface area contributed by atoms with Gasteiger partial charge in [-0.1, -0.05) is 11.6 Å². The van der Waals surface area contributed by atoms with Crippen molar-refractivity contribution in [2.45, 2.75) is 44.2 Å². The number of carboxylic acid groups (broad SMARTS) is 1. The lowest BCUT2D eigenvalue weighted by Crippen LogP contribution is -2.49. The van der Waals surface area contributed by atoms with Crippen LogP contribution in [-0.2, 0) is 19.6 Å². The van der Waals surface area contributed by atoms with Crippen LogP contribution in [0.1, 0.15) is 27.2 Å². The topological polar surface area (TPSA) is 104 Å². The first-order valence-corrected chi connectivity index (χ1v) is 9.21. The summed E-state index contributed by atoms with van der Waals surface area (Å²) in [4.78, 5) is 24.5. The first-order chi connectivity index (χ1) is 11.0. The second-order valence-corrected chi connectivity index (χ2v) is 7.72. The lowest BCUT2D eigenvalue weighted by Gasteiger charge is -2.29. The van der Waals surface area contributed by atoms with Crippen molar-refractivity contribution in [3.05, 3.63) is 29.3 Å². The Morgan fingerprint density at radius 2 is 1.75 bits per heavy atom. The maximum atomic E-state index is 12.4. The Morgan fingerprint density at radius 1 is 1.21 bits per heavy atom. The zero-order chi connectivity index (χ0) is 18.5. The first-order valence-electron chi connectivity index (χ1n) is 7.34. The molecule has 0 aliphatic carbocycles. The van der Waals surface area contributed by atoms with Crippen molar-refractivity contribution in [1.82, 2.24) is 9.62 Å². The largest absolute Gasteiger partial charge is 0.481 e. The maximum Gasteiger partial charge on any atom is 0.305 e. The number of carbonyl (C=O) groups is 2. The molecule has 1 amide bonds. The van der Waals surface area contributed by atoms with Gasteiger partial charge in [0.2, 0.25) is 15.9 Å². The molecule has 2 N–H and O–H groups in total. The number of rotatable bonds is 8. The average Bonchev–Trinajstić information content (AvgIpc) is 2.46. The summed E-state index contributed by atoms with van der Waals surface area (Å²) < 4.78 is 26.9. The fourth-order valence-electron chi connectivity index (χ4n) is 2.05. The van der Waals surface area contributed by atoms with E-state index in [9.17, 15) is 18.0 Å². The molecule has 0 spiro atoms. The third kappa shape index (κ3) is 5.77. The van der Waals surface area contributed by atoms with Gasteiger partial charge in [-0.3, -0.25) is 9.59 Å². The molecule has 0 heterocycles. The number of amides is 1. The molecule has 0 aliphatic heterocycles. The highest BCUT2D eigenvalue weighted by molar-refractivity contribution is 7.89. The van der Waals surface area contributed by atoms with Crippen LogP contribution in [0.25, 0.3) is 0 Å². The predicted molar refractivity (Wildman–Crippen MR) is 90.3 cm³/mol. The summed E-state index contributed by atoms with van der Waals surface area (Å²) in [5.41, 5.74) is 0. The molecule has 0 radical (unpaired) electrons. The molecule has 0 saturated carbocycles. The summed E-state index contributed by atoms with van der Waals surface area (Å²) in [6.07, 6.45) is -0.208. The average molecular weight is 377 g/mol. The van der Waals surface area contributed by atoms with Gasteiger partial charge < -0.3 is 10.0 Å². The van der Waals surface area contributed by atoms with Crippen molar-refractivity contribution in [1.29, 1.82) is 0 Å². The third-order valence-corrected chi connectivity index (χ3v) is 5.11. The number of sulfonamides is 1. The molecule has 7 nitrogen and oxygen atoms in total. The van der Waals surface area contributed by atoms with Crippen LogP contribution in [-0.4, -0.2) is 48.9 Å². The van der Waals surface area contributed by atoms with Gasteiger partial charge >= 0.3 is 5.97 Å². The fourth-order valence-corrected chi connectivity index (χ4v) is 3.38. The monoisotopic (exact) mass is 376 g/mol. The number of carboxylic acids is 1. The molecule has 0 saturated heterocycles. The number of aliphatic carboxylic acids is 1. The van der Waals surface area contributed by atoms with Crippen LogP contribution in [0.2, 0.25) is 5.02 Å². The van der Waals surface area contributed by atoms with Crippen LogP contribution in [0.15, 0.2) is 29.2 Å². The van der Waals surface area contributed by atoms with Gasteiger partial charge in [-0.05, 0) is 45.0 Å². The van der Waals surface area contributed by atoms with Crippen LogP contribution in [0.3, 0.4) is 0 Å². The van der Waals surface area contributed by atoms with Gasteiger partial charge in [-0.2, -0.15) is 4.72 Å². The second kappa shape index (κ2) is 8.46. The Morgan fingerprint density at radius 3 is 2.21 bits per heavy atom. The fraction of sp³-hybridized carbons (Fsp3) is 0.467. The van der Waals surface area contributed by atoms with E-state index in [1.807, 2.05) is 0 Å². The molecule has 1 atom stereocenters. The van der Waals surface area contributed by atoms with Crippen LogP contribution < -0.4 is 4.72 Å². The van der Waals surface area contributed by atoms with Crippen molar-refractivity contribution in [3.8, 4) is 0 Å². The minimum absolute atomic E-state index is 0.00631. The van der Waals surface area contributed by atoms with Crippen LogP contribution in [0.5, 0.6) is 0 Å². The summed E-state index contributed by atoms with van der Waals surface area (Å²) >= 11 is 5.73. The van der Waals surface area contributed by atoms with Crippen LogP contribution >= 0.6 is 11.6 Å². The number of benzene rings is 1. The zero-order valence-electron chi connectivity index (χ0n) is 13.7. The number of nitrogens with zero attached hydrogens (tertiary/aromatic N) is 1. The summed E-state index contributed by atoms with van der Waals surface area (Å²) in [6.45, 7) is 4.91. The van der Waals surface area contributed by atoms with Crippen LogP contribution in [0.4, 0.5) is 0 Å². The van der Waals surface area contributed by atoms with Gasteiger partial charge in [-0.15, -0.1) is 0 Å². The number of hydrogen-bond donors (Lipinski definition) is 2. The summed E-state index contributed by atoms with van der Waals surface area (Å²) in [5.74, 6) is -1.51. The molecule has 1 unspecified atom stereocenters. The predicted octanol–water partition coefficient (Wildman–Crippen LogP) is 1.72. The summed E-state index contributed by atoms with van der Waals surface area (Å²) in [5, 5.41) is 9.16. The molecule has 24 heavy (non-hydrogen) atoms. The van der Waals surface area contributed by atoms with Crippen LogP contribution in [0, 0.1) is 0 Å². The Bertz CT molecular complexity index is 688. The Kier molecular flexibility index (Phi) is 7.19. The van der Waals surface area contributed by atoms with Gasteiger partial charge in [0.1, 0.15) is 0 Å². The van der Waals surface area contributed by atoms with Gasteiger partial charge in [0.25, 0.3) is 0 Å². The Balaban J connectivity index is 2.87. The van der Waals surface area contributed by atoms with Crippen molar-refractivity contribution >= 4 is 33.5 Å². The molecule has 9 heteroatoms. The van der Waals surface area contributed by atoms with E-state index < -0.39 is 27.9 Å². The minimum atomic E-state index is -3.88. The van der Waals surface area contributed by atoms with E-state index in [1.165, 1.54) is 36.1 Å². The zero-order valence-corrected chi connectivity index (χ0v) is 15.3. The Hall–Kier alpha value is -1.64. The highest BCUT2D eigenvalue weighted by Crippen LogP contribution is 2.15. The highest BCUT2D eigenvalue weighted by atomic mass is 35.5. The molecule has 0 aromatic heterocycles. The van der Waals surface area contributed by atoms with Gasteiger partial charge in [0.05, 0.1) is 17.4 Å². The quantitative estimate of drug-likeness (QED) is 0.718. The lowest BCUT2D eigenvalue weighted by molar-refractivity contribution is -0.139. The number of nitrogens with one attached hydrogen (secondary N) is 1. The third-order valence-electron chi connectivity index (χ3n) is 3.30. The summed E-state index contributed by atoms with van der Waals surface area (Å²) in [6, 6.07) is 4.28. The minimum Gasteiger partial charge on any atom is -0.481 e. The van der Waals surface area contributed by atoms with Crippen molar-refractivity contribution in [2.24, 2.45) is 0 Å². The lowest BCUT2D eigenvalue weighted by atomic mass is 10.2. The van der Waals surface area contributed by atoms with Crippen molar-refractivity contribution in [2.75, 3.05) is 6.54 Å². The first kappa shape index (κ1) is 20.4. The summed E-state index contributed by atoms with van der Waals surface area (Å²) in [7, 11) is -3.88. The normalized spacial score (nSPS) is 12.9. The molecular formula is C15H21ClN2O5S. The number of carbonyl (C=O) groups excluding carboxylic acids is 1. The molecule has 0 aliphatic rings. The highest BCUT2D eigenvalue weighted by Gasteiger charge is 2.27. The maximum absolute atomic E-state index is 12.4. The Labute approximate surface area is 146 Å². The molecule has 0 bridgehead atoms. The van der Waals surface area contributed by atoms with E-state index in [0.29, 0.717) is 5.02 Å². The molecule has 1 aromatic rings. The second-order valence-electron chi connectivity index (χ2n) is 5.57. The van der Waals surface area contributed by atoms with Crippen molar-refractivity contribution in [3.63, 3.8) is 0 Å². The molecule has 134 valence electrons. The van der Waals surface area contributed by atoms with E-state index >= 15 is 0 Å². The van der Waals surface area contributed by atoms with Gasteiger partial charge in [0, 0.05) is 17.6 Å². The number of halogens is 1. The van der Waals surface area contributed by atoms with E-state index in [-0.39, 0.29) is 23.9 Å². The van der Waals surface area contributed by atoms with Crippen molar-refractivity contribution < 1.29 is 23.1 Å². The molecular weight excluding hydrogens is 356 g/mol. The van der Waals surface area contributed by atoms with E-state index in [1.54, 1.807) is 13.8 Å².